The van der Waals surface area contributed by atoms with Gasteiger partial charge in [-0.1, -0.05) is 30.9 Å². The van der Waals surface area contributed by atoms with E-state index in [-0.39, 0.29) is 40.8 Å². The Hall–Kier alpha value is -2.54. The normalized spacial score (nSPS) is 14.8. The smallest absolute Gasteiger partial charge is 0.287 e. The van der Waals surface area contributed by atoms with E-state index in [0.29, 0.717) is 5.76 Å². The van der Waals surface area contributed by atoms with Gasteiger partial charge in [0.05, 0.1) is 16.0 Å². The van der Waals surface area contributed by atoms with Gasteiger partial charge in [0.25, 0.3) is 11.6 Å². The summed E-state index contributed by atoms with van der Waals surface area (Å²) < 4.78 is 11.0. The van der Waals surface area contributed by atoms with Gasteiger partial charge in [-0.15, -0.1) is 0 Å². The molecule has 1 aromatic carbocycles. The van der Waals surface area contributed by atoms with Crippen molar-refractivity contribution in [2.24, 2.45) is 0 Å². The predicted molar refractivity (Wildman–Crippen MR) is 95.5 cm³/mol. The molecule has 0 spiro atoms. The van der Waals surface area contributed by atoms with Gasteiger partial charge in [0.15, 0.2) is 5.76 Å². The quantitative estimate of drug-likeness (QED) is 0.590. The highest BCUT2D eigenvalue weighted by atomic mass is 35.5. The van der Waals surface area contributed by atoms with E-state index in [0.717, 1.165) is 25.7 Å². The number of carbonyl (C=O) groups excluding carboxylic acids is 1. The highest BCUT2D eigenvalue weighted by Crippen LogP contribution is 2.29. The van der Waals surface area contributed by atoms with E-state index in [1.54, 1.807) is 12.1 Å². The first-order valence-electron chi connectivity index (χ1n) is 8.49. The molecular weight excluding hydrogens is 360 g/mol. The van der Waals surface area contributed by atoms with Crippen LogP contribution in [0.15, 0.2) is 34.7 Å². The number of nitrogens with zero attached hydrogens (tertiary/aromatic N) is 1. The molecule has 1 fully saturated rings. The van der Waals surface area contributed by atoms with Crippen molar-refractivity contribution in [1.29, 1.82) is 0 Å². The minimum absolute atomic E-state index is 0.0115. The molecule has 0 radical (unpaired) electrons. The number of nitro groups is 1. The van der Waals surface area contributed by atoms with Crippen molar-refractivity contribution in [1.82, 2.24) is 5.32 Å². The first-order valence-corrected chi connectivity index (χ1v) is 8.87. The van der Waals surface area contributed by atoms with E-state index < -0.39 is 4.92 Å². The lowest BCUT2D eigenvalue weighted by Gasteiger charge is -2.22. The summed E-state index contributed by atoms with van der Waals surface area (Å²) >= 11 is 5.99. The molecule has 3 rings (SSSR count). The van der Waals surface area contributed by atoms with Gasteiger partial charge in [-0.3, -0.25) is 14.9 Å². The molecular formula is C18H19ClN2O5. The lowest BCUT2D eigenvalue weighted by atomic mass is 9.95. The Morgan fingerprint density at radius 2 is 2.04 bits per heavy atom. The summed E-state index contributed by atoms with van der Waals surface area (Å²) in [6, 6.07) is 7.38. The van der Waals surface area contributed by atoms with Crippen molar-refractivity contribution in [3.8, 4) is 5.75 Å². The van der Waals surface area contributed by atoms with Gasteiger partial charge >= 0.3 is 0 Å². The molecule has 1 heterocycles. The molecule has 1 aromatic heterocycles. The molecule has 1 aliphatic carbocycles. The molecule has 0 unspecified atom stereocenters. The number of non-ortho nitro benzene ring substituents is 1. The van der Waals surface area contributed by atoms with Gasteiger partial charge < -0.3 is 14.5 Å². The molecule has 26 heavy (non-hydrogen) atoms. The number of nitrogens with one attached hydrogen (secondary N) is 1. The zero-order valence-electron chi connectivity index (χ0n) is 14.1. The van der Waals surface area contributed by atoms with Crippen LogP contribution in [-0.4, -0.2) is 16.9 Å². The van der Waals surface area contributed by atoms with Crippen LogP contribution in [0.3, 0.4) is 0 Å². The molecule has 0 saturated heterocycles. The minimum atomic E-state index is -0.524. The maximum Gasteiger partial charge on any atom is 0.287 e. The molecule has 7 nitrogen and oxygen atoms in total. The van der Waals surface area contributed by atoms with Crippen molar-refractivity contribution in [2.75, 3.05) is 0 Å². The number of nitro benzene ring substituents is 1. The van der Waals surface area contributed by atoms with Crippen LogP contribution in [-0.2, 0) is 6.61 Å². The van der Waals surface area contributed by atoms with E-state index in [2.05, 4.69) is 5.32 Å². The summed E-state index contributed by atoms with van der Waals surface area (Å²) in [6.07, 6.45) is 5.47. The van der Waals surface area contributed by atoms with Crippen LogP contribution < -0.4 is 10.1 Å². The molecule has 2 aromatic rings. The SMILES string of the molecule is O=C(NC1CCCCC1)c1ccc(COc2cc([N+](=O)[O-])ccc2Cl)o1. The Balaban J connectivity index is 1.59. The number of ether oxygens (including phenoxy) is 1. The van der Waals surface area contributed by atoms with Crippen LogP contribution in [0.1, 0.15) is 48.4 Å². The van der Waals surface area contributed by atoms with E-state index in [4.69, 9.17) is 20.8 Å². The second-order valence-electron chi connectivity index (χ2n) is 6.23. The first-order chi connectivity index (χ1) is 12.5. The van der Waals surface area contributed by atoms with Crippen LogP contribution in [0.25, 0.3) is 0 Å². The van der Waals surface area contributed by atoms with Crippen LogP contribution in [0, 0.1) is 10.1 Å². The molecule has 1 N–H and O–H groups in total. The number of halogens is 1. The van der Waals surface area contributed by atoms with Crippen LogP contribution in [0.5, 0.6) is 5.75 Å². The zero-order valence-corrected chi connectivity index (χ0v) is 14.8. The average molecular weight is 379 g/mol. The van der Waals surface area contributed by atoms with Crippen molar-refractivity contribution in [3.63, 3.8) is 0 Å². The largest absolute Gasteiger partial charge is 0.484 e. The van der Waals surface area contributed by atoms with Crippen molar-refractivity contribution < 1.29 is 18.9 Å². The van der Waals surface area contributed by atoms with Crippen molar-refractivity contribution >= 4 is 23.2 Å². The fourth-order valence-corrected chi connectivity index (χ4v) is 3.12. The molecule has 0 bridgehead atoms. The summed E-state index contributed by atoms with van der Waals surface area (Å²) in [5.74, 6) is 0.600. The summed E-state index contributed by atoms with van der Waals surface area (Å²) in [4.78, 5) is 22.5. The van der Waals surface area contributed by atoms with Crippen LogP contribution in [0.2, 0.25) is 5.02 Å². The number of furan rings is 1. The van der Waals surface area contributed by atoms with Crippen molar-refractivity contribution in [2.45, 2.75) is 44.8 Å². The lowest BCUT2D eigenvalue weighted by molar-refractivity contribution is -0.384. The minimum Gasteiger partial charge on any atom is -0.484 e. The topological polar surface area (TPSA) is 94.6 Å². The van der Waals surface area contributed by atoms with E-state index in [1.165, 1.54) is 24.6 Å². The maximum atomic E-state index is 12.2. The predicted octanol–water partition coefficient (Wildman–Crippen LogP) is 4.48. The monoisotopic (exact) mass is 378 g/mol. The number of carbonyl (C=O) groups is 1. The van der Waals surface area contributed by atoms with Gasteiger partial charge in [0.2, 0.25) is 0 Å². The number of benzene rings is 1. The summed E-state index contributed by atoms with van der Waals surface area (Å²) in [5.41, 5.74) is -0.114. The second-order valence-corrected chi connectivity index (χ2v) is 6.64. The third-order valence-electron chi connectivity index (χ3n) is 4.32. The van der Waals surface area contributed by atoms with Gasteiger partial charge in [-0.2, -0.15) is 0 Å². The summed E-state index contributed by atoms with van der Waals surface area (Å²) in [5, 5.41) is 14.1. The molecule has 8 heteroatoms. The third kappa shape index (κ3) is 4.54. The van der Waals surface area contributed by atoms with E-state index >= 15 is 0 Å². The third-order valence-corrected chi connectivity index (χ3v) is 4.63. The number of amides is 1. The summed E-state index contributed by atoms with van der Waals surface area (Å²) in [6.45, 7) is 0.0115. The Labute approximate surface area is 155 Å². The van der Waals surface area contributed by atoms with Gasteiger partial charge in [0, 0.05) is 12.1 Å². The molecule has 0 atom stereocenters. The van der Waals surface area contributed by atoms with E-state index in [9.17, 15) is 14.9 Å². The van der Waals surface area contributed by atoms with Gasteiger partial charge in [-0.25, -0.2) is 0 Å². The highest BCUT2D eigenvalue weighted by molar-refractivity contribution is 6.32. The van der Waals surface area contributed by atoms with Crippen molar-refractivity contribution in [3.05, 3.63) is 57.0 Å². The Morgan fingerprint density at radius 3 is 2.77 bits per heavy atom. The average Bonchev–Trinajstić information content (AvgIpc) is 3.11. The fraction of sp³-hybridized carbons (Fsp3) is 0.389. The van der Waals surface area contributed by atoms with Crippen LogP contribution >= 0.6 is 11.6 Å². The second kappa shape index (κ2) is 8.23. The lowest BCUT2D eigenvalue weighted by Crippen LogP contribution is -2.35. The first kappa shape index (κ1) is 18.3. The van der Waals surface area contributed by atoms with Gasteiger partial charge in [0.1, 0.15) is 18.1 Å². The van der Waals surface area contributed by atoms with Crippen LogP contribution in [0.4, 0.5) is 5.69 Å². The van der Waals surface area contributed by atoms with E-state index in [1.807, 2.05) is 0 Å². The maximum absolute atomic E-state index is 12.2. The standard InChI is InChI=1S/C18H19ClN2O5/c19-15-8-6-13(21(23)24)10-17(15)25-11-14-7-9-16(26-14)18(22)20-12-4-2-1-3-5-12/h6-10,12H,1-5,11H2,(H,20,22). The molecule has 138 valence electrons. The molecule has 1 saturated carbocycles. The number of hydrogen-bond acceptors (Lipinski definition) is 5. The molecule has 0 aliphatic heterocycles. The number of hydrogen-bond donors (Lipinski definition) is 1. The molecule has 1 aliphatic rings. The Morgan fingerprint density at radius 1 is 1.27 bits per heavy atom. The fourth-order valence-electron chi connectivity index (χ4n) is 2.95. The zero-order chi connectivity index (χ0) is 18.5. The summed E-state index contributed by atoms with van der Waals surface area (Å²) in [7, 11) is 0. The number of rotatable bonds is 6. The Kier molecular flexibility index (Phi) is 5.78. The highest BCUT2D eigenvalue weighted by Gasteiger charge is 2.19. The Bertz CT molecular complexity index is 799. The molecule has 1 amide bonds. The van der Waals surface area contributed by atoms with Gasteiger partial charge in [-0.05, 0) is 31.0 Å².